The van der Waals surface area contributed by atoms with Gasteiger partial charge in [0.15, 0.2) is 0 Å². The molecule has 1 fully saturated rings. The van der Waals surface area contributed by atoms with Gasteiger partial charge in [-0.25, -0.2) is 0 Å². The van der Waals surface area contributed by atoms with Crippen LogP contribution in [0.25, 0.3) is 0 Å². The first kappa shape index (κ1) is 14.7. The predicted octanol–water partition coefficient (Wildman–Crippen LogP) is 3.38. The van der Waals surface area contributed by atoms with E-state index in [1.807, 2.05) is 35.5 Å². The summed E-state index contributed by atoms with van der Waals surface area (Å²) in [5, 5.41) is 0. The highest BCUT2D eigenvalue weighted by Crippen LogP contribution is 2.39. The molecule has 0 spiro atoms. The van der Waals surface area contributed by atoms with Gasteiger partial charge in [0.25, 0.3) is 0 Å². The van der Waals surface area contributed by atoms with E-state index in [9.17, 15) is 13.2 Å². The summed E-state index contributed by atoms with van der Waals surface area (Å²) in [5.41, 5.74) is 1.17. The molecule has 0 N–H and O–H groups in total. The summed E-state index contributed by atoms with van der Waals surface area (Å²) < 4.78 is 44.6. The second-order valence-corrected chi connectivity index (χ2v) is 6.52. The van der Waals surface area contributed by atoms with Gasteiger partial charge in [-0.15, -0.1) is 0 Å². The van der Waals surface area contributed by atoms with E-state index in [4.69, 9.17) is 4.74 Å². The Kier molecular flexibility index (Phi) is 3.43. The van der Waals surface area contributed by atoms with Gasteiger partial charge in [0.2, 0.25) is 0 Å². The zero-order chi connectivity index (χ0) is 16.0. The van der Waals surface area contributed by atoms with Crippen molar-refractivity contribution >= 4 is 0 Å². The van der Waals surface area contributed by atoms with Gasteiger partial charge in [-0.1, -0.05) is 18.2 Å². The van der Waals surface area contributed by atoms with Crippen LogP contribution < -0.4 is 4.74 Å². The Balaban J connectivity index is 1.46. The van der Waals surface area contributed by atoms with Crippen molar-refractivity contribution in [2.24, 2.45) is 5.92 Å². The van der Waals surface area contributed by atoms with Crippen LogP contribution in [0.5, 0.6) is 5.75 Å². The summed E-state index contributed by atoms with van der Waals surface area (Å²) in [4.78, 5) is 4.02. The lowest BCUT2D eigenvalue weighted by Crippen LogP contribution is -2.52. The lowest BCUT2D eigenvalue weighted by atomic mass is 9.94. The molecule has 3 atom stereocenters. The molecule has 4 rings (SSSR count). The highest BCUT2D eigenvalue weighted by Gasteiger charge is 2.46. The fraction of sp³-hybridized carbons (Fsp3) is 0.529. The van der Waals surface area contributed by atoms with Crippen LogP contribution in [0.1, 0.15) is 18.4 Å². The number of piperidine rings is 1. The van der Waals surface area contributed by atoms with Crippen LogP contribution in [0.2, 0.25) is 0 Å². The minimum atomic E-state index is -4.10. The third kappa shape index (κ3) is 2.64. The number of fused-ring (bicyclic) bond motifs is 2. The Morgan fingerprint density at radius 2 is 1.91 bits per heavy atom. The van der Waals surface area contributed by atoms with Gasteiger partial charge < -0.3 is 14.5 Å². The molecule has 0 amide bonds. The molecule has 3 heterocycles. The summed E-state index contributed by atoms with van der Waals surface area (Å²) in [7, 11) is 0. The summed E-state index contributed by atoms with van der Waals surface area (Å²) >= 11 is 0. The third-order valence-corrected chi connectivity index (χ3v) is 5.11. The summed E-state index contributed by atoms with van der Waals surface area (Å²) in [6, 6.07) is 8.14. The van der Waals surface area contributed by atoms with Crippen molar-refractivity contribution in [3.05, 3.63) is 42.2 Å². The Hall–Kier alpha value is -1.85. The monoisotopic (exact) mass is 324 g/mol. The standard InChI is InChI=1S/C17H19F3N2O/c18-17(19,20)13-5-6-16-21(10-13)7-8-22(16)14-9-12-3-1-2-4-15(12)23-11-14/h1-4,7-8,13-14,16H,5-6,9-11H2/t13?,14-,16?/m1/s1. The maximum Gasteiger partial charge on any atom is 0.393 e. The molecule has 1 aromatic carbocycles. The number of nitrogens with zero attached hydrogens (tertiary/aromatic N) is 2. The lowest BCUT2D eigenvalue weighted by Gasteiger charge is -2.43. The molecule has 2 unspecified atom stereocenters. The second-order valence-electron chi connectivity index (χ2n) is 6.52. The molecular weight excluding hydrogens is 305 g/mol. The Morgan fingerprint density at radius 1 is 1.09 bits per heavy atom. The van der Waals surface area contributed by atoms with Gasteiger partial charge in [0, 0.05) is 18.9 Å². The maximum atomic E-state index is 12.9. The molecule has 6 heteroatoms. The van der Waals surface area contributed by atoms with Crippen LogP contribution in [0.15, 0.2) is 36.7 Å². The number of alkyl halides is 3. The van der Waals surface area contributed by atoms with Gasteiger partial charge in [-0.3, -0.25) is 0 Å². The number of halogens is 3. The highest BCUT2D eigenvalue weighted by atomic mass is 19.4. The van der Waals surface area contributed by atoms with Crippen LogP contribution in [0.4, 0.5) is 13.2 Å². The molecule has 0 radical (unpaired) electrons. The average Bonchev–Trinajstić information content (AvgIpc) is 2.96. The molecule has 0 aromatic heterocycles. The second kappa shape index (κ2) is 5.35. The van der Waals surface area contributed by atoms with Crippen molar-refractivity contribution in [3.63, 3.8) is 0 Å². The normalized spacial score (nSPS) is 30.0. The van der Waals surface area contributed by atoms with E-state index in [0.717, 1.165) is 12.2 Å². The third-order valence-electron chi connectivity index (χ3n) is 5.11. The Bertz CT molecular complexity index is 616. The molecule has 3 nitrogen and oxygen atoms in total. The molecule has 23 heavy (non-hydrogen) atoms. The van der Waals surface area contributed by atoms with E-state index in [0.29, 0.717) is 13.0 Å². The number of hydrogen-bond donors (Lipinski definition) is 0. The highest BCUT2D eigenvalue weighted by molar-refractivity contribution is 5.35. The summed E-state index contributed by atoms with van der Waals surface area (Å²) in [5.74, 6) is -0.295. The van der Waals surface area contributed by atoms with Crippen LogP contribution in [-0.4, -0.2) is 41.3 Å². The van der Waals surface area contributed by atoms with Gasteiger partial charge in [0.05, 0.1) is 12.0 Å². The van der Waals surface area contributed by atoms with E-state index in [2.05, 4.69) is 11.0 Å². The minimum absolute atomic E-state index is 0.0347. The first-order valence-corrected chi connectivity index (χ1v) is 8.01. The first-order chi connectivity index (χ1) is 11.0. The van der Waals surface area contributed by atoms with Crippen molar-refractivity contribution in [2.75, 3.05) is 13.2 Å². The van der Waals surface area contributed by atoms with Crippen molar-refractivity contribution in [1.82, 2.24) is 9.80 Å². The van der Waals surface area contributed by atoms with E-state index in [1.165, 1.54) is 5.56 Å². The van der Waals surface area contributed by atoms with Crippen molar-refractivity contribution < 1.29 is 17.9 Å². The molecule has 3 aliphatic rings. The molecule has 3 aliphatic heterocycles. The van der Waals surface area contributed by atoms with Crippen LogP contribution in [0.3, 0.4) is 0 Å². The van der Waals surface area contributed by atoms with Crippen molar-refractivity contribution in [3.8, 4) is 5.75 Å². The van der Waals surface area contributed by atoms with E-state index >= 15 is 0 Å². The topological polar surface area (TPSA) is 15.7 Å². The molecule has 124 valence electrons. The number of para-hydroxylation sites is 1. The van der Waals surface area contributed by atoms with Gasteiger partial charge in [-0.05, 0) is 30.9 Å². The Labute approximate surface area is 133 Å². The predicted molar refractivity (Wildman–Crippen MR) is 79.7 cm³/mol. The average molecular weight is 324 g/mol. The summed E-state index contributed by atoms with van der Waals surface area (Å²) in [6.45, 7) is 0.639. The Morgan fingerprint density at radius 3 is 2.74 bits per heavy atom. The first-order valence-electron chi connectivity index (χ1n) is 8.01. The quantitative estimate of drug-likeness (QED) is 0.788. The number of benzene rings is 1. The van der Waals surface area contributed by atoms with E-state index < -0.39 is 12.1 Å². The molecule has 1 aromatic rings. The SMILES string of the molecule is FC(F)(F)C1CCC2N(C=CN2[C@H]2COc3ccccc3C2)C1. The zero-order valence-corrected chi connectivity index (χ0v) is 12.7. The number of rotatable bonds is 1. The van der Waals surface area contributed by atoms with Gasteiger partial charge in [0.1, 0.15) is 18.5 Å². The van der Waals surface area contributed by atoms with E-state index in [1.54, 1.807) is 0 Å². The number of hydrogen-bond acceptors (Lipinski definition) is 3. The molecule has 0 saturated carbocycles. The van der Waals surface area contributed by atoms with Gasteiger partial charge in [-0.2, -0.15) is 13.2 Å². The van der Waals surface area contributed by atoms with E-state index in [-0.39, 0.29) is 25.2 Å². The minimum Gasteiger partial charge on any atom is -0.491 e. The molecular formula is C17H19F3N2O. The molecule has 0 bridgehead atoms. The molecule has 1 saturated heterocycles. The zero-order valence-electron chi connectivity index (χ0n) is 12.7. The van der Waals surface area contributed by atoms with Crippen molar-refractivity contribution in [2.45, 2.75) is 37.6 Å². The van der Waals surface area contributed by atoms with Crippen LogP contribution in [-0.2, 0) is 6.42 Å². The number of ether oxygens (including phenoxy) is 1. The van der Waals surface area contributed by atoms with Crippen LogP contribution >= 0.6 is 0 Å². The fourth-order valence-electron chi connectivity index (χ4n) is 3.86. The maximum absolute atomic E-state index is 12.9. The van der Waals surface area contributed by atoms with Gasteiger partial charge >= 0.3 is 6.18 Å². The van der Waals surface area contributed by atoms with Crippen LogP contribution in [0, 0.1) is 5.92 Å². The smallest absolute Gasteiger partial charge is 0.393 e. The largest absolute Gasteiger partial charge is 0.491 e. The lowest BCUT2D eigenvalue weighted by molar-refractivity contribution is -0.190. The summed E-state index contributed by atoms with van der Waals surface area (Å²) in [6.07, 6.45) is 1.29. The van der Waals surface area contributed by atoms with Crippen molar-refractivity contribution in [1.29, 1.82) is 0 Å². The fourth-order valence-corrected chi connectivity index (χ4v) is 3.86. The molecule has 0 aliphatic carbocycles.